The number of fused-ring (bicyclic) bond motifs is 1. The third-order valence-corrected chi connectivity index (χ3v) is 5.86. The second kappa shape index (κ2) is 10.0. The predicted octanol–water partition coefficient (Wildman–Crippen LogP) is 6.03. The lowest BCUT2D eigenvalue weighted by molar-refractivity contribution is -0.121. The molecule has 1 unspecified atom stereocenters. The van der Waals surface area contributed by atoms with Crippen molar-refractivity contribution in [3.8, 4) is 0 Å². The van der Waals surface area contributed by atoms with Gasteiger partial charge < -0.3 is 9.88 Å². The molecule has 0 aliphatic heterocycles. The maximum Gasteiger partial charge on any atom is 0.220 e. The van der Waals surface area contributed by atoms with Crippen molar-refractivity contribution in [2.45, 2.75) is 32.7 Å². The highest BCUT2D eigenvalue weighted by atomic mass is 35.5. The minimum absolute atomic E-state index is 0.0403. The minimum Gasteiger partial charge on any atom is -0.356 e. The molecule has 0 saturated carbocycles. The highest BCUT2D eigenvalue weighted by molar-refractivity contribution is 6.29. The van der Waals surface area contributed by atoms with E-state index in [0.29, 0.717) is 24.0 Å². The number of para-hydroxylation sites is 1. The molecule has 2 aromatic carbocycles. The Morgan fingerprint density at radius 2 is 1.78 bits per heavy atom. The number of pyridine rings is 1. The van der Waals surface area contributed by atoms with Gasteiger partial charge in [0.25, 0.3) is 0 Å². The van der Waals surface area contributed by atoms with Crippen LogP contribution in [0.1, 0.15) is 42.9 Å². The normalized spacial score (nSPS) is 12.2. The molecule has 164 valence electrons. The first-order chi connectivity index (χ1) is 15.5. The molecule has 5 heteroatoms. The Balaban J connectivity index is 1.75. The van der Waals surface area contributed by atoms with Gasteiger partial charge in [0.1, 0.15) is 5.15 Å². The number of carbonyl (C=O) groups excluding carboxylic acids is 1. The number of hydrogen-bond acceptors (Lipinski definition) is 2. The fraction of sp³-hybridized carbons (Fsp3) is 0.259. The van der Waals surface area contributed by atoms with Gasteiger partial charge in [0.2, 0.25) is 5.91 Å². The quantitative estimate of drug-likeness (QED) is 0.336. The molecule has 0 bridgehead atoms. The van der Waals surface area contributed by atoms with E-state index in [-0.39, 0.29) is 11.8 Å². The van der Waals surface area contributed by atoms with Gasteiger partial charge in [-0.2, -0.15) is 0 Å². The Labute approximate surface area is 194 Å². The molecular weight excluding hydrogens is 418 g/mol. The Kier molecular flexibility index (Phi) is 6.91. The largest absolute Gasteiger partial charge is 0.356 e. The van der Waals surface area contributed by atoms with E-state index in [4.69, 9.17) is 11.6 Å². The summed E-state index contributed by atoms with van der Waals surface area (Å²) in [6.45, 7) is 5.63. The zero-order valence-electron chi connectivity index (χ0n) is 18.5. The maximum absolute atomic E-state index is 12.8. The van der Waals surface area contributed by atoms with E-state index < -0.39 is 0 Å². The topological polar surface area (TPSA) is 46.9 Å². The van der Waals surface area contributed by atoms with Crippen LogP contribution in [0, 0.1) is 5.92 Å². The monoisotopic (exact) mass is 445 g/mol. The van der Waals surface area contributed by atoms with Gasteiger partial charge in [-0.1, -0.05) is 80.0 Å². The molecule has 4 nitrogen and oxygen atoms in total. The first-order valence-electron chi connectivity index (χ1n) is 11.0. The van der Waals surface area contributed by atoms with Crippen LogP contribution in [0.5, 0.6) is 0 Å². The molecule has 0 aliphatic carbocycles. The SMILES string of the molecule is CC(C)CNC(=O)CC(c1ccc(Cl)nc1)c1cn(Cc2ccccc2)c2ccccc12. The summed E-state index contributed by atoms with van der Waals surface area (Å²) in [4.78, 5) is 17.1. The molecule has 0 spiro atoms. The summed E-state index contributed by atoms with van der Waals surface area (Å²) in [7, 11) is 0. The first-order valence-corrected chi connectivity index (χ1v) is 11.4. The van der Waals surface area contributed by atoms with Crippen molar-refractivity contribution in [2.24, 2.45) is 5.92 Å². The van der Waals surface area contributed by atoms with Crippen LogP contribution in [-0.2, 0) is 11.3 Å². The fourth-order valence-electron chi connectivity index (χ4n) is 4.04. The zero-order chi connectivity index (χ0) is 22.5. The number of nitrogens with one attached hydrogen (secondary N) is 1. The fourth-order valence-corrected chi connectivity index (χ4v) is 4.15. The molecule has 2 heterocycles. The summed E-state index contributed by atoms with van der Waals surface area (Å²) < 4.78 is 2.27. The zero-order valence-corrected chi connectivity index (χ0v) is 19.2. The van der Waals surface area contributed by atoms with Gasteiger partial charge in [-0.25, -0.2) is 4.98 Å². The summed E-state index contributed by atoms with van der Waals surface area (Å²) in [6, 6.07) is 22.6. The summed E-state index contributed by atoms with van der Waals surface area (Å²) in [5.41, 5.74) is 4.50. The second-order valence-electron chi connectivity index (χ2n) is 8.58. The molecule has 2 aromatic heterocycles. The third kappa shape index (κ3) is 5.20. The molecule has 4 aromatic rings. The van der Waals surface area contributed by atoms with Crippen LogP contribution in [0.25, 0.3) is 10.9 Å². The number of amides is 1. The van der Waals surface area contributed by atoms with Gasteiger partial charge >= 0.3 is 0 Å². The first kappa shape index (κ1) is 22.1. The highest BCUT2D eigenvalue weighted by Gasteiger charge is 2.23. The molecule has 0 radical (unpaired) electrons. The minimum atomic E-state index is -0.117. The Morgan fingerprint density at radius 3 is 2.50 bits per heavy atom. The molecular formula is C27H28ClN3O. The standard InChI is InChI=1S/C27H28ClN3O/c1-19(2)15-30-27(32)14-23(21-12-13-26(28)29-16-21)24-18-31(17-20-8-4-3-5-9-20)25-11-7-6-10-22(24)25/h3-13,16,18-19,23H,14-15,17H2,1-2H3,(H,30,32). The van der Waals surface area contributed by atoms with E-state index in [1.165, 1.54) is 5.56 Å². The highest BCUT2D eigenvalue weighted by Crippen LogP contribution is 2.35. The molecule has 32 heavy (non-hydrogen) atoms. The van der Waals surface area contributed by atoms with Crippen LogP contribution in [-0.4, -0.2) is 22.0 Å². The molecule has 0 aliphatic rings. The molecule has 1 amide bonds. The summed E-state index contributed by atoms with van der Waals surface area (Å²) >= 11 is 6.05. The van der Waals surface area contributed by atoms with Crippen LogP contribution in [0.2, 0.25) is 5.15 Å². The van der Waals surface area contributed by atoms with Gasteiger partial charge in [0.15, 0.2) is 0 Å². The van der Waals surface area contributed by atoms with Crippen molar-refractivity contribution in [3.63, 3.8) is 0 Å². The van der Waals surface area contributed by atoms with Gasteiger partial charge in [0, 0.05) is 48.7 Å². The second-order valence-corrected chi connectivity index (χ2v) is 8.97. The van der Waals surface area contributed by atoms with E-state index in [1.54, 1.807) is 12.3 Å². The Hall–Kier alpha value is -3.11. The lowest BCUT2D eigenvalue weighted by atomic mass is 9.89. The number of aromatic nitrogens is 2. The lowest BCUT2D eigenvalue weighted by Gasteiger charge is -2.17. The number of halogens is 1. The van der Waals surface area contributed by atoms with Crippen LogP contribution >= 0.6 is 11.6 Å². The van der Waals surface area contributed by atoms with Gasteiger partial charge in [-0.3, -0.25) is 4.79 Å². The van der Waals surface area contributed by atoms with Gasteiger partial charge in [-0.05, 0) is 34.7 Å². The van der Waals surface area contributed by atoms with E-state index in [1.807, 2.05) is 12.1 Å². The molecule has 0 fully saturated rings. The molecule has 4 rings (SSSR count). The maximum atomic E-state index is 12.8. The van der Waals surface area contributed by atoms with Crippen LogP contribution in [0.4, 0.5) is 0 Å². The van der Waals surface area contributed by atoms with Crippen LogP contribution in [0.3, 0.4) is 0 Å². The van der Waals surface area contributed by atoms with Crippen LogP contribution < -0.4 is 5.32 Å². The number of hydrogen-bond donors (Lipinski definition) is 1. The average molecular weight is 446 g/mol. The van der Waals surface area contributed by atoms with Crippen molar-refractivity contribution >= 4 is 28.4 Å². The van der Waals surface area contributed by atoms with Crippen molar-refractivity contribution in [1.82, 2.24) is 14.9 Å². The summed E-state index contributed by atoms with van der Waals surface area (Å²) in [6.07, 6.45) is 4.33. The smallest absolute Gasteiger partial charge is 0.220 e. The molecule has 1 N–H and O–H groups in total. The Bertz CT molecular complexity index is 1180. The van der Waals surface area contributed by atoms with Crippen molar-refractivity contribution in [1.29, 1.82) is 0 Å². The Morgan fingerprint density at radius 1 is 1.03 bits per heavy atom. The number of carbonyl (C=O) groups is 1. The van der Waals surface area contributed by atoms with E-state index >= 15 is 0 Å². The van der Waals surface area contributed by atoms with Crippen molar-refractivity contribution in [3.05, 3.63) is 101 Å². The predicted molar refractivity (Wildman–Crippen MR) is 131 cm³/mol. The van der Waals surface area contributed by atoms with E-state index in [0.717, 1.165) is 28.6 Å². The summed E-state index contributed by atoms with van der Waals surface area (Å²) in [5, 5.41) is 4.67. The average Bonchev–Trinajstić information content (AvgIpc) is 3.16. The van der Waals surface area contributed by atoms with Crippen LogP contribution in [0.15, 0.2) is 79.1 Å². The van der Waals surface area contributed by atoms with E-state index in [9.17, 15) is 4.79 Å². The van der Waals surface area contributed by atoms with E-state index in [2.05, 4.69) is 83.4 Å². The third-order valence-electron chi connectivity index (χ3n) is 5.64. The number of benzene rings is 2. The number of nitrogens with zero attached hydrogens (tertiary/aromatic N) is 2. The lowest BCUT2D eigenvalue weighted by Crippen LogP contribution is -2.28. The molecule has 0 saturated heterocycles. The van der Waals surface area contributed by atoms with Crippen molar-refractivity contribution < 1.29 is 4.79 Å². The van der Waals surface area contributed by atoms with Gasteiger partial charge in [0.05, 0.1) is 0 Å². The summed E-state index contributed by atoms with van der Waals surface area (Å²) in [5.74, 6) is 0.328. The van der Waals surface area contributed by atoms with Gasteiger partial charge in [-0.15, -0.1) is 0 Å². The molecule has 1 atom stereocenters. The van der Waals surface area contributed by atoms with Crippen molar-refractivity contribution in [2.75, 3.05) is 6.54 Å². The number of rotatable bonds is 8.